The minimum Gasteiger partial charge on any atom is -0.478 e. The maximum absolute atomic E-state index is 11.9. The average Bonchev–Trinajstić information content (AvgIpc) is 2.53. The lowest BCUT2D eigenvalue weighted by atomic mass is 10.1. The molecule has 2 rings (SSSR count). The molecule has 1 amide bonds. The quantitative estimate of drug-likeness (QED) is 0.803. The van der Waals surface area contributed by atoms with Crippen molar-refractivity contribution in [2.75, 3.05) is 5.32 Å². The molecule has 2 aromatic carbocycles. The fraction of sp³-hybridized carbons (Fsp3) is 0.118. The van der Waals surface area contributed by atoms with Crippen molar-refractivity contribution in [3.05, 3.63) is 65.7 Å². The second-order valence-electron chi connectivity index (χ2n) is 4.72. The second kappa shape index (κ2) is 7.17. The van der Waals surface area contributed by atoms with Crippen LogP contribution in [-0.2, 0) is 4.79 Å². The second-order valence-corrected chi connectivity index (χ2v) is 4.72. The molecule has 0 unspecified atom stereocenters. The molecule has 0 atom stereocenters. The molecule has 5 heteroatoms. The monoisotopic (exact) mass is 297 g/mol. The van der Waals surface area contributed by atoms with Gasteiger partial charge in [-0.2, -0.15) is 0 Å². The molecule has 0 saturated heterocycles. The highest BCUT2D eigenvalue weighted by Gasteiger charge is 2.10. The molecule has 2 aromatic rings. The molecule has 0 bridgehead atoms. The molecule has 0 heterocycles. The Labute approximate surface area is 127 Å². The van der Waals surface area contributed by atoms with E-state index in [-0.39, 0.29) is 30.1 Å². The van der Waals surface area contributed by atoms with E-state index in [1.165, 1.54) is 12.1 Å². The molecule has 2 N–H and O–H groups in total. The average molecular weight is 297 g/mol. The Morgan fingerprint density at radius 2 is 1.55 bits per heavy atom. The first-order valence-corrected chi connectivity index (χ1v) is 6.78. The van der Waals surface area contributed by atoms with Gasteiger partial charge in [-0.15, -0.1) is 0 Å². The molecule has 5 nitrogen and oxygen atoms in total. The number of hydrogen-bond donors (Lipinski definition) is 2. The van der Waals surface area contributed by atoms with Gasteiger partial charge in [-0.1, -0.05) is 36.4 Å². The Hall–Kier alpha value is -2.95. The van der Waals surface area contributed by atoms with Crippen LogP contribution in [0.2, 0.25) is 0 Å². The van der Waals surface area contributed by atoms with E-state index in [0.29, 0.717) is 11.3 Å². The third-order valence-corrected chi connectivity index (χ3v) is 3.07. The SMILES string of the molecule is O=C(CCC(=O)c1ccccc1)Nc1cccc(C(=O)O)c1. The number of carboxylic acids is 1. The molecule has 112 valence electrons. The molecule has 22 heavy (non-hydrogen) atoms. The minimum atomic E-state index is -1.06. The Bertz CT molecular complexity index is 695. The van der Waals surface area contributed by atoms with Gasteiger partial charge in [0.05, 0.1) is 5.56 Å². The number of nitrogens with one attached hydrogen (secondary N) is 1. The van der Waals surface area contributed by atoms with Crippen molar-refractivity contribution in [3.63, 3.8) is 0 Å². The Balaban J connectivity index is 1.89. The summed E-state index contributed by atoms with van der Waals surface area (Å²) in [4.78, 5) is 34.6. The Kier molecular flexibility index (Phi) is 5.03. The molecule has 0 aliphatic heterocycles. The molecule has 0 fully saturated rings. The van der Waals surface area contributed by atoms with Crippen molar-refractivity contribution in [3.8, 4) is 0 Å². The summed E-state index contributed by atoms with van der Waals surface area (Å²) in [6, 6.07) is 14.7. The van der Waals surface area contributed by atoms with E-state index in [4.69, 9.17) is 5.11 Å². The maximum Gasteiger partial charge on any atom is 0.335 e. The summed E-state index contributed by atoms with van der Waals surface area (Å²) in [5.74, 6) is -1.49. The van der Waals surface area contributed by atoms with Crippen molar-refractivity contribution in [2.24, 2.45) is 0 Å². The van der Waals surface area contributed by atoms with Crippen LogP contribution in [0.1, 0.15) is 33.6 Å². The summed E-state index contributed by atoms with van der Waals surface area (Å²) in [6.45, 7) is 0. The first-order valence-electron chi connectivity index (χ1n) is 6.78. The fourth-order valence-corrected chi connectivity index (χ4v) is 1.95. The lowest BCUT2D eigenvalue weighted by Gasteiger charge is -2.06. The first-order chi connectivity index (χ1) is 10.6. The van der Waals surface area contributed by atoms with Crippen LogP contribution in [0.25, 0.3) is 0 Å². The number of aromatic carboxylic acids is 1. The lowest BCUT2D eigenvalue weighted by Crippen LogP contribution is -2.14. The van der Waals surface area contributed by atoms with Gasteiger partial charge >= 0.3 is 5.97 Å². The number of Topliss-reactive ketones (excluding diaryl/α,β-unsaturated/α-hetero) is 1. The molecule has 0 aliphatic rings. The van der Waals surface area contributed by atoms with E-state index in [2.05, 4.69) is 5.32 Å². The van der Waals surface area contributed by atoms with Gasteiger partial charge in [-0.25, -0.2) is 4.79 Å². The van der Waals surface area contributed by atoms with Crippen LogP contribution in [0.3, 0.4) is 0 Å². The van der Waals surface area contributed by atoms with E-state index in [1.54, 1.807) is 36.4 Å². The summed E-state index contributed by atoms with van der Waals surface area (Å²) in [5, 5.41) is 11.5. The maximum atomic E-state index is 11.9. The van der Waals surface area contributed by atoms with Gasteiger partial charge in [-0.05, 0) is 18.2 Å². The Morgan fingerprint density at radius 1 is 0.864 bits per heavy atom. The van der Waals surface area contributed by atoms with Gasteiger partial charge < -0.3 is 10.4 Å². The number of anilines is 1. The number of ketones is 1. The summed E-state index contributed by atoms with van der Waals surface area (Å²) in [7, 11) is 0. The van der Waals surface area contributed by atoms with Crippen molar-refractivity contribution in [1.82, 2.24) is 0 Å². The van der Waals surface area contributed by atoms with E-state index < -0.39 is 5.97 Å². The summed E-state index contributed by atoms with van der Waals surface area (Å²) < 4.78 is 0. The van der Waals surface area contributed by atoms with Crippen LogP contribution < -0.4 is 5.32 Å². The van der Waals surface area contributed by atoms with E-state index in [0.717, 1.165) is 0 Å². The number of carbonyl (C=O) groups excluding carboxylic acids is 2. The molecule has 0 spiro atoms. The zero-order valence-electron chi connectivity index (χ0n) is 11.8. The smallest absolute Gasteiger partial charge is 0.335 e. The first kappa shape index (κ1) is 15.4. The number of benzene rings is 2. The largest absolute Gasteiger partial charge is 0.478 e. The fourth-order valence-electron chi connectivity index (χ4n) is 1.95. The van der Waals surface area contributed by atoms with E-state index >= 15 is 0 Å². The van der Waals surface area contributed by atoms with Gasteiger partial charge in [0, 0.05) is 24.1 Å². The summed E-state index contributed by atoms with van der Waals surface area (Å²) >= 11 is 0. The summed E-state index contributed by atoms with van der Waals surface area (Å²) in [5.41, 5.74) is 1.07. The third-order valence-electron chi connectivity index (χ3n) is 3.07. The molecular weight excluding hydrogens is 282 g/mol. The zero-order valence-corrected chi connectivity index (χ0v) is 11.8. The topological polar surface area (TPSA) is 83.5 Å². The van der Waals surface area contributed by atoms with Crippen LogP contribution in [0, 0.1) is 0 Å². The van der Waals surface area contributed by atoms with Crippen molar-refractivity contribution in [1.29, 1.82) is 0 Å². The molecule has 0 aromatic heterocycles. The molecular formula is C17H15NO4. The normalized spacial score (nSPS) is 10.0. The lowest BCUT2D eigenvalue weighted by molar-refractivity contribution is -0.116. The van der Waals surface area contributed by atoms with Crippen LogP contribution in [-0.4, -0.2) is 22.8 Å². The van der Waals surface area contributed by atoms with Gasteiger partial charge in [0.2, 0.25) is 5.91 Å². The number of amides is 1. The van der Waals surface area contributed by atoms with Crippen LogP contribution in [0.4, 0.5) is 5.69 Å². The van der Waals surface area contributed by atoms with Crippen molar-refractivity contribution < 1.29 is 19.5 Å². The molecule has 0 aliphatic carbocycles. The van der Waals surface area contributed by atoms with Gasteiger partial charge in [-0.3, -0.25) is 9.59 Å². The van der Waals surface area contributed by atoms with E-state index in [1.807, 2.05) is 6.07 Å². The van der Waals surface area contributed by atoms with Gasteiger partial charge in [0.25, 0.3) is 0 Å². The zero-order chi connectivity index (χ0) is 15.9. The number of hydrogen-bond acceptors (Lipinski definition) is 3. The number of rotatable bonds is 6. The predicted molar refractivity (Wildman–Crippen MR) is 82.0 cm³/mol. The summed E-state index contributed by atoms with van der Waals surface area (Å²) in [6.07, 6.45) is 0.152. The van der Waals surface area contributed by atoms with Crippen molar-refractivity contribution >= 4 is 23.3 Å². The molecule has 0 saturated carbocycles. The number of carboxylic acid groups (broad SMARTS) is 1. The van der Waals surface area contributed by atoms with E-state index in [9.17, 15) is 14.4 Å². The highest BCUT2D eigenvalue weighted by molar-refractivity contribution is 6.00. The Morgan fingerprint density at radius 3 is 2.23 bits per heavy atom. The predicted octanol–water partition coefficient (Wildman–Crippen LogP) is 2.99. The highest BCUT2D eigenvalue weighted by Crippen LogP contribution is 2.12. The van der Waals surface area contributed by atoms with Crippen molar-refractivity contribution in [2.45, 2.75) is 12.8 Å². The number of carbonyl (C=O) groups is 3. The molecule has 0 radical (unpaired) electrons. The van der Waals surface area contributed by atoms with Crippen LogP contribution in [0.5, 0.6) is 0 Å². The highest BCUT2D eigenvalue weighted by atomic mass is 16.4. The minimum absolute atomic E-state index is 0.0467. The third kappa shape index (κ3) is 4.28. The van der Waals surface area contributed by atoms with Crippen LogP contribution in [0.15, 0.2) is 54.6 Å². The van der Waals surface area contributed by atoms with Gasteiger partial charge in [0.1, 0.15) is 0 Å². The van der Waals surface area contributed by atoms with Gasteiger partial charge in [0.15, 0.2) is 5.78 Å². The van der Waals surface area contributed by atoms with Crippen LogP contribution >= 0.6 is 0 Å². The standard InChI is InChI=1S/C17H15NO4/c19-15(12-5-2-1-3-6-12)9-10-16(20)18-14-8-4-7-13(11-14)17(21)22/h1-8,11H,9-10H2,(H,18,20)(H,21,22).